The first-order valence-electron chi connectivity index (χ1n) is 4.44. The molecule has 90 valence electrons. The van der Waals surface area contributed by atoms with E-state index in [1.807, 2.05) is 0 Å². The molecular weight excluding hydrogens is 246 g/mol. The van der Waals surface area contributed by atoms with Crippen LogP contribution in [-0.4, -0.2) is 28.1 Å². The molecule has 8 heteroatoms. The molecule has 0 heterocycles. The van der Waals surface area contributed by atoms with Gasteiger partial charge in [0.05, 0.1) is 0 Å². The van der Waals surface area contributed by atoms with E-state index >= 15 is 0 Å². The van der Waals surface area contributed by atoms with Gasteiger partial charge in [0, 0.05) is 12.6 Å². The van der Waals surface area contributed by atoms with Crippen molar-refractivity contribution in [2.24, 2.45) is 9.57 Å². The first-order valence-corrected chi connectivity index (χ1v) is 5.88. The number of carbonyl (C=O) groups excluding carboxylic acids is 1. The Hall–Kier alpha value is -2.09. The highest BCUT2D eigenvalue weighted by molar-refractivity contribution is 7.90. The Morgan fingerprint density at radius 3 is 2.59 bits per heavy atom. The molecule has 0 saturated heterocycles. The lowest BCUT2D eigenvalue weighted by Gasteiger charge is -2.03. The molecule has 1 aromatic rings. The number of hydrogen-bond donors (Lipinski definition) is 1. The number of nitrogens with one attached hydrogen (secondary N) is 1. The van der Waals surface area contributed by atoms with Gasteiger partial charge in [0.25, 0.3) is 10.0 Å². The van der Waals surface area contributed by atoms with E-state index in [1.165, 1.54) is 25.2 Å². The Labute approximate surface area is 97.6 Å². The molecule has 0 aliphatic rings. The van der Waals surface area contributed by atoms with Crippen molar-refractivity contribution in [3.05, 3.63) is 28.7 Å². The average Bonchev–Trinajstić information content (AvgIpc) is 2.35. The largest absolute Gasteiger partial charge is 0.378 e. The van der Waals surface area contributed by atoms with E-state index in [2.05, 4.69) is 14.9 Å². The quantitative estimate of drug-likeness (QED) is 0.363. The number of carbonyl (C=O) groups is 1. The standard InChI is InChI=1S/C9H9N3O4S/c1-10-6-11-17(15,16)9-7(5-13)3-2-4-8(9)12-14/h2-6H,1H3,(H,10,11). The fraction of sp³-hybridized carbons (Fsp3) is 0.111. The summed E-state index contributed by atoms with van der Waals surface area (Å²) in [6.07, 6.45) is 1.27. The Morgan fingerprint density at radius 1 is 1.35 bits per heavy atom. The molecule has 17 heavy (non-hydrogen) atoms. The molecule has 0 aliphatic carbocycles. The summed E-state index contributed by atoms with van der Waals surface area (Å²) in [7, 11) is -2.66. The monoisotopic (exact) mass is 255 g/mol. The van der Waals surface area contributed by atoms with E-state index < -0.39 is 14.9 Å². The second-order valence-corrected chi connectivity index (χ2v) is 4.47. The van der Waals surface area contributed by atoms with Gasteiger partial charge in [-0.3, -0.25) is 4.79 Å². The molecule has 0 aromatic heterocycles. The van der Waals surface area contributed by atoms with Crippen molar-refractivity contribution in [2.45, 2.75) is 4.90 Å². The number of sulfonamides is 1. The summed E-state index contributed by atoms with van der Waals surface area (Å²) < 4.78 is 26.8. The third kappa shape index (κ3) is 2.72. The van der Waals surface area contributed by atoms with Crippen molar-refractivity contribution in [3.8, 4) is 0 Å². The molecule has 1 rings (SSSR count). The molecule has 0 unspecified atom stereocenters. The molecule has 0 fully saturated rings. The second-order valence-electron chi connectivity index (χ2n) is 2.90. The van der Waals surface area contributed by atoms with Crippen LogP contribution in [0.15, 0.2) is 32.7 Å². The number of nitroso groups, excluding NO2 is 1. The molecular formula is C9H9N3O4S. The number of rotatable bonds is 5. The molecule has 7 nitrogen and oxygen atoms in total. The highest BCUT2D eigenvalue weighted by Gasteiger charge is 2.22. The summed E-state index contributed by atoms with van der Waals surface area (Å²) in [5.74, 6) is 0. The van der Waals surface area contributed by atoms with Gasteiger partial charge < -0.3 is 5.32 Å². The molecule has 0 aliphatic heterocycles. The Balaban J connectivity index is 3.53. The van der Waals surface area contributed by atoms with E-state index in [0.29, 0.717) is 6.29 Å². The van der Waals surface area contributed by atoms with Crippen molar-refractivity contribution in [2.75, 3.05) is 7.05 Å². The van der Waals surface area contributed by atoms with Gasteiger partial charge in [-0.25, -0.2) is 0 Å². The molecule has 0 saturated carbocycles. The second kappa shape index (κ2) is 5.30. The lowest BCUT2D eigenvalue weighted by Crippen LogP contribution is -2.07. The van der Waals surface area contributed by atoms with Crippen LogP contribution in [0.2, 0.25) is 0 Å². The lowest BCUT2D eigenvalue weighted by atomic mass is 10.2. The summed E-state index contributed by atoms with van der Waals surface area (Å²) in [4.78, 5) is 20.8. The van der Waals surface area contributed by atoms with Gasteiger partial charge in [-0.15, -0.1) is 9.30 Å². The van der Waals surface area contributed by atoms with Crippen molar-refractivity contribution in [3.63, 3.8) is 0 Å². The molecule has 1 N–H and O–H groups in total. The maximum Gasteiger partial charge on any atom is 0.286 e. The highest BCUT2D eigenvalue weighted by Crippen LogP contribution is 2.28. The van der Waals surface area contributed by atoms with Crippen LogP contribution >= 0.6 is 0 Å². The topological polar surface area (TPSA) is 105 Å². The summed E-state index contributed by atoms with van der Waals surface area (Å²) in [6, 6.07) is 3.83. The zero-order chi connectivity index (χ0) is 12.9. The number of benzene rings is 1. The molecule has 1 aromatic carbocycles. The van der Waals surface area contributed by atoms with Crippen LogP contribution in [0.25, 0.3) is 0 Å². The van der Waals surface area contributed by atoms with Crippen LogP contribution in [0, 0.1) is 4.91 Å². The van der Waals surface area contributed by atoms with Gasteiger partial charge in [0.1, 0.15) is 16.9 Å². The van der Waals surface area contributed by atoms with Crippen molar-refractivity contribution in [1.29, 1.82) is 0 Å². The van der Waals surface area contributed by atoms with Crippen LogP contribution in [0.5, 0.6) is 0 Å². The Morgan fingerprint density at radius 2 is 2.06 bits per heavy atom. The van der Waals surface area contributed by atoms with Crippen LogP contribution in [-0.2, 0) is 10.0 Å². The maximum atomic E-state index is 11.8. The fourth-order valence-electron chi connectivity index (χ4n) is 1.16. The third-order valence-corrected chi connectivity index (χ3v) is 3.17. The van der Waals surface area contributed by atoms with Gasteiger partial charge in [-0.05, 0) is 11.2 Å². The molecule has 0 radical (unpaired) electrons. The number of nitrogens with zero attached hydrogens (tertiary/aromatic N) is 2. The third-order valence-electron chi connectivity index (χ3n) is 1.83. The van der Waals surface area contributed by atoms with Crippen molar-refractivity contribution in [1.82, 2.24) is 5.32 Å². The van der Waals surface area contributed by atoms with Gasteiger partial charge >= 0.3 is 0 Å². The van der Waals surface area contributed by atoms with Gasteiger partial charge in [0.2, 0.25) is 0 Å². The summed E-state index contributed by atoms with van der Waals surface area (Å²) in [6.45, 7) is 0. The van der Waals surface area contributed by atoms with Crippen LogP contribution in [0.1, 0.15) is 10.4 Å². The van der Waals surface area contributed by atoms with E-state index in [4.69, 9.17) is 0 Å². The van der Waals surface area contributed by atoms with E-state index in [0.717, 1.165) is 6.34 Å². The van der Waals surface area contributed by atoms with Crippen LogP contribution < -0.4 is 5.32 Å². The normalized spacial score (nSPS) is 11.4. The Bertz CT molecular complexity index is 539. The van der Waals surface area contributed by atoms with E-state index in [1.54, 1.807) is 0 Å². The van der Waals surface area contributed by atoms with Crippen molar-refractivity contribution < 1.29 is 13.2 Å². The zero-order valence-electron chi connectivity index (χ0n) is 8.82. The summed E-state index contributed by atoms with van der Waals surface area (Å²) in [5.41, 5.74) is -0.502. The fourth-order valence-corrected chi connectivity index (χ4v) is 2.30. The first kappa shape index (κ1) is 13.0. The van der Waals surface area contributed by atoms with Crippen molar-refractivity contribution >= 4 is 28.3 Å². The minimum atomic E-state index is -4.13. The minimum absolute atomic E-state index is 0.157. The van der Waals surface area contributed by atoms with Crippen LogP contribution in [0.4, 0.5) is 5.69 Å². The highest BCUT2D eigenvalue weighted by atomic mass is 32.2. The minimum Gasteiger partial charge on any atom is -0.378 e. The van der Waals surface area contributed by atoms with Gasteiger partial charge in [0.15, 0.2) is 6.29 Å². The lowest BCUT2D eigenvalue weighted by molar-refractivity contribution is 0.112. The zero-order valence-corrected chi connectivity index (χ0v) is 9.64. The summed E-state index contributed by atoms with van der Waals surface area (Å²) in [5, 5.41) is 4.97. The maximum absolute atomic E-state index is 11.8. The van der Waals surface area contributed by atoms with E-state index in [9.17, 15) is 18.1 Å². The van der Waals surface area contributed by atoms with E-state index in [-0.39, 0.29) is 11.3 Å². The molecule has 0 amide bonds. The number of hydrogen-bond acceptors (Lipinski definition) is 5. The Kier molecular flexibility index (Phi) is 4.05. The SMILES string of the molecule is CN/C=N/S(=O)(=O)c1c(C=O)cccc1N=O. The van der Waals surface area contributed by atoms with Crippen LogP contribution in [0.3, 0.4) is 0 Å². The smallest absolute Gasteiger partial charge is 0.286 e. The predicted molar refractivity (Wildman–Crippen MR) is 62.0 cm³/mol. The first-order chi connectivity index (χ1) is 8.06. The number of aldehydes is 1. The predicted octanol–water partition coefficient (Wildman–Crippen LogP) is 0.833. The molecule has 0 atom stereocenters. The average molecular weight is 255 g/mol. The van der Waals surface area contributed by atoms with Gasteiger partial charge in [-0.1, -0.05) is 12.1 Å². The summed E-state index contributed by atoms with van der Waals surface area (Å²) >= 11 is 0. The van der Waals surface area contributed by atoms with Gasteiger partial charge in [-0.2, -0.15) is 8.42 Å². The molecule has 0 bridgehead atoms. The molecule has 0 spiro atoms.